The molecule has 106 valence electrons. The first-order valence-corrected chi connectivity index (χ1v) is 7.71. The van der Waals surface area contributed by atoms with E-state index in [0.717, 1.165) is 36.4 Å². The summed E-state index contributed by atoms with van der Waals surface area (Å²) >= 11 is 1.84. The molecule has 18 heavy (non-hydrogen) atoms. The second-order valence-corrected chi connectivity index (χ2v) is 5.94. The number of nitrogens with zero attached hydrogens (tertiary/aromatic N) is 1. The molecule has 1 atom stereocenters. The summed E-state index contributed by atoms with van der Waals surface area (Å²) in [6.07, 6.45) is 2.20. The van der Waals surface area contributed by atoms with Gasteiger partial charge in [0.2, 0.25) is 0 Å². The van der Waals surface area contributed by atoms with E-state index in [1.807, 2.05) is 11.8 Å². The fourth-order valence-electron chi connectivity index (χ4n) is 1.82. The van der Waals surface area contributed by atoms with E-state index in [0.29, 0.717) is 19.3 Å². The molecule has 0 saturated carbocycles. The first-order chi connectivity index (χ1) is 8.72. The molecule has 0 aromatic carbocycles. The van der Waals surface area contributed by atoms with Crippen molar-refractivity contribution in [1.82, 2.24) is 5.32 Å². The minimum Gasteiger partial charge on any atom is -0.382 e. The van der Waals surface area contributed by atoms with Gasteiger partial charge in [-0.25, -0.2) is 0 Å². The van der Waals surface area contributed by atoms with E-state index in [1.165, 1.54) is 6.42 Å². The maximum atomic E-state index is 5.39. The van der Waals surface area contributed by atoms with Crippen LogP contribution < -0.4 is 5.32 Å². The number of amidine groups is 1. The summed E-state index contributed by atoms with van der Waals surface area (Å²) in [6, 6.07) is 0.603. The van der Waals surface area contributed by atoms with Gasteiger partial charge in [0.25, 0.3) is 0 Å². The quantitative estimate of drug-likeness (QED) is 0.654. The van der Waals surface area contributed by atoms with Crippen LogP contribution in [0.2, 0.25) is 0 Å². The molecule has 0 radical (unpaired) electrons. The number of hydrogen-bond donors (Lipinski definition) is 1. The molecule has 1 aliphatic heterocycles. The molecule has 1 aliphatic rings. The summed E-state index contributed by atoms with van der Waals surface area (Å²) in [5.74, 6) is 1.90. The Balaban J connectivity index is 2.02. The normalized spacial score (nSPS) is 21.8. The summed E-state index contributed by atoms with van der Waals surface area (Å²) < 4.78 is 10.3. The zero-order valence-electron chi connectivity index (χ0n) is 11.8. The molecule has 0 amide bonds. The van der Waals surface area contributed by atoms with Gasteiger partial charge in [0.05, 0.1) is 13.2 Å². The maximum Gasteiger partial charge on any atom is 0.156 e. The van der Waals surface area contributed by atoms with Crippen molar-refractivity contribution < 1.29 is 9.47 Å². The Morgan fingerprint density at radius 3 is 2.94 bits per heavy atom. The Morgan fingerprint density at radius 2 is 2.22 bits per heavy atom. The molecule has 1 unspecified atom stereocenters. The van der Waals surface area contributed by atoms with Gasteiger partial charge in [0, 0.05) is 32.1 Å². The largest absolute Gasteiger partial charge is 0.382 e. The second-order valence-electron chi connectivity index (χ2n) is 4.93. The van der Waals surface area contributed by atoms with Gasteiger partial charge in [-0.3, -0.25) is 4.99 Å². The van der Waals surface area contributed by atoms with Crippen molar-refractivity contribution in [3.8, 4) is 0 Å². The number of thioether (sulfide) groups is 1. The van der Waals surface area contributed by atoms with Crippen molar-refractivity contribution in [2.45, 2.75) is 32.7 Å². The van der Waals surface area contributed by atoms with Crippen LogP contribution in [-0.4, -0.2) is 50.4 Å². The fourth-order valence-corrected chi connectivity index (χ4v) is 2.83. The van der Waals surface area contributed by atoms with E-state index < -0.39 is 0 Å². The summed E-state index contributed by atoms with van der Waals surface area (Å²) in [5, 5.41) is 4.59. The summed E-state index contributed by atoms with van der Waals surface area (Å²) in [4.78, 5) is 4.56. The smallest absolute Gasteiger partial charge is 0.156 e. The van der Waals surface area contributed by atoms with E-state index in [9.17, 15) is 0 Å². The maximum absolute atomic E-state index is 5.39. The van der Waals surface area contributed by atoms with Gasteiger partial charge < -0.3 is 14.8 Å². The molecular weight excluding hydrogens is 248 g/mol. The third-order valence-electron chi connectivity index (χ3n) is 2.64. The van der Waals surface area contributed by atoms with Crippen LogP contribution in [-0.2, 0) is 9.47 Å². The van der Waals surface area contributed by atoms with Crippen molar-refractivity contribution in [2.75, 3.05) is 39.2 Å². The predicted molar refractivity (Wildman–Crippen MR) is 78.5 cm³/mol. The Morgan fingerprint density at radius 1 is 1.39 bits per heavy atom. The predicted octanol–water partition coefficient (Wildman–Crippen LogP) is 2.15. The fraction of sp³-hybridized carbons (Fsp3) is 0.923. The van der Waals surface area contributed by atoms with Gasteiger partial charge in [-0.1, -0.05) is 25.6 Å². The van der Waals surface area contributed by atoms with E-state index >= 15 is 0 Å². The van der Waals surface area contributed by atoms with Crippen LogP contribution in [0.1, 0.15) is 26.7 Å². The lowest BCUT2D eigenvalue weighted by molar-refractivity contribution is 0.0702. The van der Waals surface area contributed by atoms with Gasteiger partial charge in [-0.15, -0.1) is 0 Å². The van der Waals surface area contributed by atoms with Crippen molar-refractivity contribution >= 4 is 16.9 Å². The van der Waals surface area contributed by atoms with Crippen molar-refractivity contribution in [3.63, 3.8) is 0 Å². The highest BCUT2D eigenvalue weighted by atomic mass is 32.2. The van der Waals surface area contributed by atoms with Crippen molar-refractivity contribution in [3.05, 3.63) is 0 Å². The minimum absolute atomic E-state index is 0.603. The minimum atomic E-state index is 0.603. The zero-order valence-corrected chi connectivity index (χ0v) is 12.6. The van der Waals surface area contributed by atoms with Gasteiger partial charge in [-0.05, 0) is 18.8 Å². The highest BCUT2D eigenvalue weighted by Crippen LogP contribution is 2.18. The molecule has 1 saturated heterocycles. The lowest BCUT2D eigenvalue weighted by Gasteiger charge is -2.11. The van der Waals surface area contributed by atoms with Crippen LogP contribution in [0.4, 0.5) is 0 Å². The topological polar surface area (TPSA) is 42.9 Å². The van der Waals surface area contributed by atoms with Crippen molar-refractivity contribution in [2.24, 2.45) is 10.9 Å². The van der Waals surface area contributed by atoms with Crippen LogP contribution in [0.3, 0.4) is 0 Å². The van der Waals surface area contributed by atoms with Crippen LogP contribution >= 0.6 is 11.8 Å². The molecule has 1 fully saturated rings. The first kappa shape index (κ1) is 15.8. The molecule has 1 rings (SSSR count). The third kappa shape index (κ3) is 7.24. The van der Waals surface area contributed by atoms with Gasteiger partial charge in [0.1, 0.15) is 0 Å². The van der Waals surface area contributed by atoms with Crippen LogP contribution in [0.5, 0.6) is 0 Å². The number of rotatable bonds is 9. The van der Waals surface area contributed by atoms with Crippen LogP contribution in [0.25, 0.3) is 0 Å². The van der Waals surface area contributed by atoms with Crippen LogP contribution in [0.15, 0.2) is 4.99 Å². The summed E-state index contributed by atoms with van der Waals surface area (Å²) in [5.41, 5.74) is 0. The average molecular weight is 274 g/mol. The number of aliphatic imine (C=N–C) groups is 1. The highest BCUT2D eigenvalue weighted by molar-refractivity contribution is 8.14. The monoisotopic (exact) mass is 274 g/mol. The molecule has 1 N–H and O–H groups in total. The standard InChI is InChI=1S/C13H26N2O2S/c1-11(2)9-12-10-18-13(15-12)14-5-4-6-17-8-7-16-3/h11-12H,4-10H2,1-3H3,(H,14,15). The molecule has 1 heterocycles. The van der Waals surface area contributed by atoms with Gasteiger partial charge >= 0.3 is 0 Å². The van der Waals surface area contributed by atoms with E-state index in [4.69, 9.17) is 9.47 Å². The van der Waals surface area contributed by atoms with E-state index in [1.54, 1.807) is 7.11 Å². The van der Waals surface area contributed by atoms with E-state index in [-0.39, 0.29) is 0 Å². The van der Waals surface area contributed by atoms with Crippen LogP contribution in [0, 0.1) is 5.92 Å². The lowest BCUT2D eigenvalue weighted by Crippen LogP contribution is -2.28. The SMILES string of the molecule is COCCOCCCN=C1NC(CC(C)C)CS1. The number of ether oxygens (including phenoxy) is 2. The Labute approximate surface area is 115 Å². The number of methoxy groups -OCH3 is 1. The molecule has 0 bridgehead atoms. The molecule has 0 aromatic rings. The second kappa shape index (κ2) is 9.64. The molecule has 0 aliphatic carbocycles. The zero-order chi connectivity index (χ0) is 13.2. The summed E-state index contributed by atoms with van der Waals surface area (Å²) in [7, 11) is 1.69. The van der Waals surface area contributed by atoms with E-state index in [2.05, 4.69) is 24.2 Å². The Hall–Kier alpha value is -0.260. The molecule has 0 aromatic heterocycles. The molecular formula is C13H26N2O2S. The van der Waals surface area contributed by atoms with Gasteiger partial charge in [0.15, 0.2) is 5.17 Å². The molecule has 0 spiro atoms. The Kier molecular flexibility index (Phi) is 8.46. The molecule has 5 heteroatoms. The third-order valence-corrected chi connectivity index (χ3v) is 3.73. The highest BCUT2D eigenvalue weighted by Gasteiger charge is 2.20. The summed E-state index contributed by atoms with van der Waals surface area (Å²) in [6.45, 7) is 7.48. The lowest BCUT2D eigenvalue weighted by atomic mass is 10.1. The van der Waals surface area contributed by atoms with Crippen molar-refractivity contribution in [1.29, 1.82) is 0 Å². The Bertz CT molecular complexity index is 247. The number of hydrogen-bond acceptors (Lipinski definition) is 4. The molecule has 4 nitrogen and oxygen atoms in total. The average Bonchev–Trinajstić information content (AvgIpc) is 2.75. The first-order valence-electron chi connectivity index (χ1n) is 6.73. The number of nitrogens with one attached hydrogen (secondary N) is 1. The van der Waals surface area contributed by atoms with Gasteiger partial charge in [-0.2, -0.15) is 0 Å².